The lowest BCUT2D eigenvalue weighted by Gasteiger charge is -2.24. The van der Waals surface area contributed by atoms with Gasteiger partial charge in [0.2, 0.25) is 5.91 Å². The highest BCUT2D eigenvalue weighted by Crippen LogP contribution is 2.31. The predicted molar refractivity (Wildman–Crippen MR) is 96.3 cm³/mol. The number of carbonyl (C=O) groups is 1. The van der Waals surface area contributed by atoms with Crippen molar-refractivity contribution in [3.05, 3.63) is 45.8 Å². The number of aryl methyl sites for hydroxylation is 1. The van der Waals surface area contributed by atoms with Gasteiger partial charge in [0.15, 0.2) is 0 Å². The zero-order chi connectivity index (χ0) is 17.1. The minimum absolute atomic E-state index is 0.0242. The lowest BCUT2D eigenvalue weighted by Crippen LogP contribution is -2.32. The molecule has 1 atom stereocenters. The van der Waals surface area contributed by atoms with E-state index in [1.807, 2.05) is 37.9 Å². The van der Waals surface area contributed by atoms with Gasteiger partial charge in [-0.25, -0.2) is 0 Å². The molecule has 1 amide bonds. The third kappa shape index (κ3) is 4.12. The fraction of sp³-hybridized carbons (Fsp3) is 0.389. The highest BCUT2D eigenvalue weighted by Gasteiger charge is 2.17. The highest BCUT2D eigenvalue weighted by molar-refractivity contribution is 7.16. The summed E-state index contributed by atoms with van der Waals surface area (Å²) in [6.07, 6.45) is 0. The van der Waals surface area contributed by atoms with Gasteiger partial charge in [-0.3, -0.25) is 9.69 Å². The van der Waals surface area contributed by atoms with Crippen LogP contribution in [0.4, 0.5) is 5.00 Å². The van der Waals surface area contributed by atoms with Crippen molar-refractivity contribution in [2.24, 2.45) is 0 Å². The van der Waals surface area contributed by atoms with Gasteiger partial charge in [0.1, 0.15) is 5.75 Å². The Morgan fingerprint density at radius 1 is 1.30 bits per heavy atom. The molecule has 124 valence electrons. The molecular formula is C18H24N2O2S. The van der Waals surface area contributed by atoms with Crippen molar-refractivity contribution >= 4 is 22.2 Å². The Morgan fingerprint density at radius 3 is 2.57 bits per heavy atom. The topological polar surface area (TPSA) is 52.6 Å². The fourth-order valence-corrected chi connectivity index (χ4v) is 3.51. The van der Waals surface area contributed by atoms with Crippen molar-refractivity contribution in [2.75, 3.05) is 18.9 Å². The zero-order valence-corrected chi connectivity index (χ0v) is 15.1. The van der Waals surface area contributed by atoms with Crippen molar-refractivity contribution in [1.82, 2.24) is 4.90 Å². The van der Waals surface area contributed by atoms with Gasteiger partial charge in [-0.2, -0.15) is 0 Å². The lowest BCUT2D eigenvalue weighted by molar-refractivity contribution is -0.117. The predicted octanol–water partition coefficient (Wildman–Crippen LogP) is 4.01. The molecule has 5 heteroatoms. The molecule has 0 aliphatic carbocycles. The number of carbonyl (C=O) groups excluding carboxylic acids is 1. The first-order chi connectivity index (χ1) is 10.8. The van der Waals surface area contributed by atoms with E-state index in [2.05, 4.69) is 19.2 Å². The molecule has 0 unspecified atom stereocenters. The standard InChI is InChI=1S/C18H24N2O2S/c1-11-12(2)18(23-14(11)4)19-17(22)10-20(5)13(3)15-7-6-8-16(21)9-15/h6-9,13,21H,10H2,1-5H3,(H,19,22)/t13-/m1/s1. The van der Waals surface area contributed by atoms with Gasteiger partial charge in [0, 0.05) is 10.9 Å². The summed E-state index contributed by atoms with van der Waals surface area (Å²) in [5.41, 5.74) is 3.37. The summed E-state index contributed by atoms with van der Waals surface area (Å²) in [5, 5.41) is 13.5. The Bertz CT molecular complexity index is 709. The summed E-state index contributed by atoms with van der Waals surface area (Å²) >= 11 is 1.62. The van der Waals surface area contributed by atoms with E-state index in [0.29, 0.717) is 6.54 Å². The van der Waals surface area contributed by atoms with Crippen LogP contribution in [0.25, 0.3) is 0 Å². The first kappa shape index (κ1) is 17.5. The quantitative estimate of drug-likeness (QED) is 0.870. The number of benzene rings is 1. The largest absolute Gasteiger partial charge is 0.508 e. The third-order valence-corrected chi connectivity index (χ3v) is 5.57. The molecule has 2 N–H and O–H groups in total. The summed E-state index contributed by atoms with van der Waals surface area (Å²) in [6.45, 7) is 8.50. The first-order valence-electron chi connectivity index (χ1n) is 7.65. The summed E-state index contributed by atoms with van der Waals surface area (Å²) in [6, 6.07) is 7.19. The molecule has 2 rings (SSSR count). The van der Waals surface area contributed by atoms with Gasteiger partial charge in [-0.05, 0) is 63.6 Å². The minimum atomic E-state index is -0.0242. The molecule has 1 aromatic heterocycles. The number of phenols is 1. The van der Waals surface area contributed by atoms with E-state index < -0.39 is 0 Å². The van der Waals surface area contributed by atoms with Crippen LogP contribution in [0, 0.1) is 20.8 Å². The number of hydrogen-bond acceptors (Lipinski definition) is 4. The van der Waals surface area contributed by atoms with Gasteiger partial charge in [0.25, 0.3) is 0 Å². The summed E-state index contributed by atoms with van der Waals surface area (Å²) in [5.74, 6) is 0.219. The van der Waals surface area contributed by atoms with Crippen molar-refractivity contribution in [3.8, 4) is 5.75 Å². The second kappa shape index (κ2) is 7.15. The smallest absolute Gasteiger partial charge is 0.239 e. The third-order valence-electron chi connectivity index (χ3n) is 4.35. The van der Waals surface area contributed by atoms with Crippen LogP contribution in [0.5, 0.6) is 5.75 Å². The first-order valence-corrected chi connectivity index (χ1v) is 8.47. The van der Waals surface area contributed by atoms with Crippen LogP contribution >= 0.6 is 11.3 Å². The molecule has 0 saturated carbocycles. The molecule has 0 aliphatic rings. The Kier molecular flexibility index (Phi) is 5.44. The molecule has 0 spiro atoms. The number of aromatic hydroxyl groups is 1. The maximum atomic E-state index is 12.3. The molecule has 0 aliphatic heterocycles. The monoisotopic (exact) mass is 332 g/mol. The van der Waals surface area contributed by atoms with Crippen LogP contribution in [0.2, 0.25) is 0 Å². The SMILES string of the molecule is Cc1sc(NC(=O)CN(C)[C@H](C)c2cccc(O)c2)c(C)c1C. The minimum Gasteiger partial charge on any atom is -0.508 e. The maximum absolute atomic E-state index is 12.3. The number of thiophene rings is 1. The number of anilines is 1. The average Bonchev–Trinajstić information content (AvgIpc) is 2.73. The summed E-state index contributed by atoms with van der Waals surface area (Å²) in [7, 11) is 1.91. The molecule has 4 nitrogen and oxygen atoms in total. The number of nitrogens with zero attached hydrogens (tertiary/aromatic N) is 1. The Hall–Kier alpha value is -1.85. The van der Waals surface area contributed by atoms with E-state index in [4.69, 9.17) is 0 Å². The van der Waals surface area contributed by atoms with Gasteiger partial charge < -0.3 is 10.4 Å². The molecule has 0 radical (unpaired) electrons. The highest BCUT2D eigenvalue weighted by atomic mass is 32.1. The van der Waals surface area contributed by atoms with Crippen molar-refractivity contribution in [3.63, 3.8) is 0 Å². The summed E-state index contributed by atoms with van der Waals surface area (Å²) in [4.78, 5) is 15.5. The fourth-order valence-electron chi connectivity index (χ4n) is 2.43. The van der Waals surface area contributed by atoms with Crippen LogP contribution in [-0.2, 0) is 4.79 Å². The molecule has 0 fully saturated rings. The van der Waals surface area contributed by atoms with Gasteiger partial charge in [-0.1, -0.05) is 12.1 Å². The Balaban J connectivity index is 2.00. The second-order valence-electron chi connectivity index (χ2n) is 5.97. The normalized spacial score (nSPS) is 12.4. The van der Waals surface area contributed by atoms with Crippen LogP contribution in [-0.4, -0.2) is 29.5 Å². The van der Waals surface area contributed by atoms with E-state index in [1.54, 1.807) is 23.5 Å². The van der Waals surface area contributed by atoms with E-state index in [-0.39, 0.29) is 17.7 Å². The molecule has 23 heavy (non-hydrogen) atoms. The number of amides is 1. The molecule has 0 saturated heterocycles. The second-order valence-corrected chi connectivity index (χ2v) is 7.20. The number of rotatable bonds is 5. The van der Waals surface area contributed by atoms with Crippen LogP contribution in [0.3, 0.4) is 0 Å². The number of phenolic OH excluding ortho intramolecular Hbond substituents is 1. The van der Waals surface area contributed by atoms with Gasteiger partial charge in [0.05, 0.1) is 11.5 Å². The molecule has 2 aromatic rings. The molecular weight excluding hydrogens is 308 g/mol. The van der Waals surface area contributed by atoms with Crippen LogP contribution in [0.15, 0.2) is 24.3 Å². The lowest BCUT2D eigenvalue weighted by atomic mass is 10.1. The number of likely N-dealkylation sites (N-methyl/N-ethyl adjacent to an activating group) is 1. The maximum Gasteiger partial charge on any atom is 0.239 e. The molecule has 0 bridgehead atoms. The van der Waals surface area contributed by atoms with Crippen molar-refractivity contribution < 1.29 is 9.90 Å². The molecule has 1 heterocycles. The van der Waals surface area contributed by atoms with E-state index >= 15 is 0 Å². The van der Waals surface area contributed by atoms with E-state index in [0.717, 1.165) is 16.1 Å². The van der Waals surface area contributed by atoms with Crippen LogP contribution < -0.4 is 5.32 Å². The van der Waals surface area contributed by atoms with E-state index in [9.17, 15) is 9.90 Å². The molecule has 1 aromatic carbocycles. The van der Waals surface area contributed by atoms with Gasteiger partial charge in [-0.15, -0.1) is 11.3 Å². The van der Waals surface area contributed by atoms with Crippen molar-refractivity contribution in [1.29, 1.82) is 0 Å². The van der Waals surface area contributed by atoms with Gasteiger partial charge >= 0.3 is 0 Å². The van der Waals surface area contributed by atoms with E-state index in [1.165, 1.54) is 10.4 Å². The summed E-state index contributed by atoms with van der Waals surface area (Å²) < 4.78 is 0. The number of nitrogens with one attached hydrogen (secondary N) is 1. The average molecular weight is 332 g/mol. The Labute approximate surface area is 141 Å². The Morgan fingerprint density at radius 2 is 2.00 bits per heavy atom. The van der Waals surface area contributed by atoms with Crippen molar-refractivity contribution in [2.45, 2.75) is 33.7 Å². The zero-order valence-electron chi connectivity index (χ0n) is 14.3. The number of hydrogen-bond donors (Lipinski definition) is 2. The van der Waals surface area contributed by atoms with Crippen LogP contribution in [0.1, 0.15) is 34.5 Å².